The predicted octanol–water partition coefficient (Wildman–Crippen LogP) is 1.87. The molecule has 1 aromatic rings. The molecule has 1 aromatic carbocycles. The van der Waals surface area contributed by atoms with Crippen molar-refractivity contribution in [3.63, 3.8) is 0 Å². The number of amides is 2. The molecule has 2 amide bonds. The highest BCUT2D eigenvalue weighted by molar-refractivity contribution is 7.80. The van der Waals surface area contributed by atoms with Gasteiger partial charge in [-0.05, 0) is 36.3 Å². The van der Waals surface area contributed by atoms with Crippen LogP contribution in [-0.2, 0) is 16.0 Å². The van der Waals surface area contributed by atoms with Crippen LogP contribution in [0.1, 0.15) is 38.7 Å². The summed E-state index contributed by atoms with van der Waals surface area (Å²) < 4.78 is 0. The summed E-state index contributed by atoms with van der Waals surface area (Å²) in [6, 6.07) is 7.12. The molecule has 0 saturated carbocycles. The van der Waals surface area contributed by atoms with Crippen LogP contribution in [0.4, 0.5) is 5.69 Å². The van der Waals surface area contributed by atoms with Crippen LogP contribution < -0.4 is 21.5 Å². The van der Waals surface area contributed by atoms with Gasteiger partial charge in [-0.25, -0.2) is 0 Å². The highest BCUT2D eigenvalue weighted by Crippen LogP contribution is 2.09. The molecule has 0 saturated heterocycles. The number of carbonyl (C=O) groups excluding carboxylic acids is 2. The van der Waals surface area contributed by atoms with E-state index in [4.69, 9.17) is 12.2 Å². The average Bonchev–Trinajstić information content (AvgIpc) is 2.51. The Morgan fingerprint density at radius 3 is 2.39 bits per heavy atom. The molecule has 0 bridgehead atoms. The average molecular weight is 336 g/mol. The lowest BCUT2D eigenvalue weighted by molar-refractivity contribution is -0.121. The molecule has 7 heteroatoms. The van der Waals surface area contributed by atoms with Gasteiger partial charge in [-0.3, -0.25) is 20.4 Å². The monoisotopic (exact) mass is 336 g/mol. The third-order valence-electron chi connectivity index (χ3n) is 3.02. The zero-order valence-electron chi connectivity index (χ0n) is 13.6. The van der Waals surface area contributed by atoms with Gasteiger partial charge in [0.2, 0.25) is 11.8 Å². The Morgan fingerprint density at radius 2 is 1.78 bits per heavy atom. The number of hydrogen-bond acceptors (Lipinski definition) is 3. The Morgan fingerprint density at radius 1 is 1.09 bits per heavy atom. The Balaban J connectivity index is 2.28. The fourth-order valence-corrected chi connectivity index (χ4v) is 2.04. The van der Waals surface area contributed by atoms with Gasteiger partial charge in [-0.15, -0.1) is 0 Å². The van der Waals surface area contributed by atoms with Crippen molar-refractivity contribution in [2.24, 2.45) is 0 Å². The molecule has 0 unspecified atom stereocenters. The first-order chi connectivity index (χ1) is 11.0. The Kier molecular flexibility index (Phi) is 8.67. The smallest absolute Gasteiger partial charge is 0.242 e. The van der Waals surface area contributed by atoms with Gasteiger partial charge in [-0.2, -0.15) is 0 Å². The molecule has 126 valence electrons. The van der Waals surface area contributed by atoms with Gasteiger partial charge >= 0.3 is 0 Å². The number of nitrogens with one attached hydrogen (secondary N) is 4. The largest absolute Gasteiger partial charge is 0.361 e. The standard InChI is InChI=1S/C16H24N4O2S/c1-3-4-5-10-17-16(23)20-19-15(22)11-13-6-8-14(9-7-13)18-12(2)21/h6-9H,3-5,10-11H2,1-2H3,(H,18,21)(H,19,22)(H2,17,20,23). The fourth-order valence-electron chi connectivity index (χ4n) is 1.89. The third kappa shape index (κ3) is 8.77. The lowest BCUT2D eigenvalue weighted by Crippen LogP contribution is -2.47. The molecule has 0 heterocycles. The van der Waals surface area contributed by atoms with E-state index in [1.54, 1.807) is 24.3 Å². The molecule has 0 spiro atoms. The van der Waals surface area contributed by atoms with Gasteiger partial charge in [0.1, 0.15) is 0 Å². The highest BCUT2D eigenvalue weighted by atomic mass is 32.1. The van der Waals surface area contributed by atoms with Crippen LogP contribution in [0.3, 0.4) is 0 Å². The molecule has 0 fully saturated rings. The Hall–Kier alpha value is -2.15. The van der Waals surface area contributed by atoms with Crippen molar-refractivity contribution < 1.29 is 9.59 Å². The minimum Gasteiger partial charge on any atom is -0.361 e. The highest BCUT2D eigenvalue weighted by Gasteiger charge is 2.04. The van der Waals surface area contributed by atoms with E-state index < -0.39 is 0 Å². The minimum absolute atomic E-state index is 0.125. The first-order valence-corrected chi connectivity index (χ1v) is 8.11. The van der Waals surface area contributed by atoms with Crippen LogP contribution in [-0.4, -0.2) is 23.5 Å². The second-order valence-corrected chi connectivity index (χ2v) is 5.60. The number of carbonyl (C=O) groups is 2. The first kappa shape index (κ1) is 18.9. The van der Waals surface area contributed by atoms with Crippen LogP contribution in [0.2, 0.25) is 0 Å². The molecular weight excluding hydrogens is 312 g/mol. The van der Waals surface area contributed by atoms with Crippen molar-refractivity contribution in [2.75, 3.05) is 11.9 Å². The number of hydrogen-bond donors (Lipinski definition) is 4. The number of rotatable bonds is 7. The van der Waals surface area contributed by atoms with E-state index in [1.807, 2.05) is 0 Å². The van der Waals surface area contributed by atoms with E-state index in [-0.39, 0.29) is 18.2 Å². The zero-order chi connectivity index (χ0) is 17.1. The van der Waals surface area contributed by atoms with E-state index in [1.165, 1.54) is 6.92 Å². The quantitative estimate of drug-likeness (QED) is 0.347. The van der Waals surface area contributed by atoms with Crippen LogP contribution in [0.25, 0.3) is 0 Å². The summed E-state index contributed by atoms with van der Waals surface area (Å²) in [6.07, 6.45) is 3.58. The summed E-state index contributed by atoms with van der Waals surface area (Å²) in [6.45, 7) is 4.38. The molecule has 0 atom stereocenters. The maximum absolute atomic E-state index is 11.8. The number of anilines is 1. The summed E-state index contributed by atoms with van der Waals surface area (Å²) in [4.78, 5) is 22.8. The molecular formula is C16H24N4O2S. The SMILES string of the molecule is CCCCCNC(=S)NNC(=O)Cc1ccc(NC(C)=O)cc1. The van der Waals surface area contributed by atoms with Gasteiger partial charge in [0.15, 0.2) is 5.11 Å². The summed E-state index contributed by atoms with van der Waals surface area (Å²) >= 11 is 5.07. The van der Waals surface area contributed by atoms with Gasteiger partial charge in [0.25, 0.3) is 0 Å². The lowest BCUT2D eigenvalue weighted by atomic mass is 10.1. The summed E-state index contributed by atoms with van der Waals surface area (Å²) in [7, 11) is 0. The Labute approximate surface area is 142 Å². The first-order valence-electron chi connectivity index (χ1n) is 7.70. The van der Waals surface area contributed by atoms with E-state index in [2.05, 4.69) is 28.4 Å². The van der Waals surface area contributed by atoms with E-state index in [0.29, 0.717) is 10.8 Å². The van der Waals surface area contributed by atoms with Crippen molar-refractivity contribution in [1.29, 1.82) is 0 Å². The van der Waals surface area contributed by atoms with Crippen LogP contribution in [0.5, 0.6) is 0 Å². The fraction of sp³-hybridized carbons (Fsp3) is 0.438. The Bertz CT molecular complexity index is 531. The normalized spacial score (nSPS) is 9.83. The molecule has 0 aliphatic heterocycles. The maximum Gasteiger partial charge on any atom is 0.242 e. The predicted molar refractivity (Wildman–Crippen MR) is 95.9 cm³/mol. The summed E-state index contributed by atoms with van der Waals surface area (Å²) in [5, 5.41) is 6.12. The van der Waals surface area contributed by atoms with Crippen molar-refractivity contribution in [1.82, 2.24) is 16.2 Å². The van der Waals surface area contributed by atoms with Crippen molar-refractivity contribution in [3.05, 3.63) is 29.8 Å². The van der Waals surface area contributed by atoms with Gasteiger partial charge in [0.05, 0.1) is 6.42 Å². The van der Waals surface area contributed by atoms with Crippen molar-refractivity contribution in [3.8, 4) is 0 Å². The van der Waals surface area contributed by atoms with Crippen LogP contribution >= 0.6 is 12.2 Å². The number of unbranched alkanes of at least 4 members (excludes halogenated alkanes) is 2. The minimum atomic E-state index is -0.185. The van der Waals surface area contributed by atoms with Crippen LogP contribution in [0.15, 0.2) is 24.3 Å². The summed E-state index contributed by atoms with van der Waals surface area (Å²) in [5.41, 5.74) is 6.79. The zero-order valence-corrected chi connectivity index (χ0v) is 14.4. The van der Waals surface area contributed by atoms with Crippen LogP contribution in [0, 0.1) is 0 Å². The van der Waals surface area contributed by atoms with Gasteiger partial charge in [0, 0.05) is 19.2 Å². The molecule has 1 rings (SSSR count). The molecule has 6 nitrogen and oxygen atoms in total. The second kappa shape index (κ2) is 10.6. The molecule has 4 N–H and O–H groups in total. The van der Waals surface area contributed by atoms with Gasteiger partial charge in [-0.1, -0.05) is 31.9 Å². The topological polar surface area (TPSA) is 82.3 Å². The number of thiocarbonyl (C=S) groups is 1. The molecule has 0 aliphatic rings. The van der Waals surface area contributed by atoms with Crippen molar-refractivity contribution >= 4 is 34.8 Å². The number of hydrazine groups is 1. The maximum atomic E-state index is 11.8. The number of benzene rings is 1. The van der Waals surface area contributed by atoms with E-state index >= 15 is 0 Å². The molecule has 0 radical (unpaired) electrons. The lowest BCUT2D eigenvalue weighted by Gasteiger charge is -2.11. The molecule has 23 heavy (non-hydrogen) atoms. The molecule has 0 aliphatic carbocycles. The van der Waals surface area contributed by atoms with E-state index in [9.17, 15) is 9.59 Å². The third-order valence-corrected chi connectivity index (χ3v) is 3.27. The second-order valence-electron chi connectivity index (χ2n) is 5.19. The van der Waals surface area contributed by atoms with Gasteiger partial charge < -0.3 is 10.6 Å². The van der Waals surface area contributed by atoms with E-state index in [0.717, 1.165) is 31.4 Å². The molecule has 0 aromatic heterocycles. The van der Waals surface area contributed by atoms with Crippen molar-refractivity contribution in [2.45, 2.75) is 39.5 Å². The summed E-state index contributed by atoms with van der Waals surface area (Å²) in [5.74, 6) is -0.311.